The van der Waals surface area contributed by atoms with Crippen LogP contribution in [0, 0.1) is 5.92 Å². The van der Waals surface area contributed by atoms with Gasteiger partial charge in [0.2, 0.25) is 0 Å². The van der Waals surface area contributed by atoms with Crippen molar-refractivity contribution >= 4 is 0 Å². The molecule has 0 aromatic carbocycles. The van der Waals surface area contributed by atoms with Crippen molar-refractivity contribution in [3.8, 4) is 0 Å². The third-order valence-corrected chi connectivity index (χ3v) is 2.21. The molecule has 2 N–H and O–H groups in total. The molecule has 1 unspecified atom stereocenters. The summed E-state index contributed by atoms with van der Waals surface area (Å²) in [5.74, 6) is 0.576. The Bertz CT molecular complexity index is 154. The van der Waals surface area contributed by atoms with Crippen LogP contribution in [0.3, 0.4) is 0 Å². The molecule has 0 aromatic heterocycles. The third kappa shape index (κ3) is 13.8. The van der Waals surface area contributed by atoms with Crippen LogP contribution in [0.5, 0.6) is 0 Å². The van der Waals surface area contributed by atoms with Crippen molar-refractivity contribution in [2.24, 2.45) is 5.92 Å². The van der Waals surface area contributed by atoms with E-state index in [-0.39, 0.29) is 0 Å². The van der Waals surface area contributed by atoms with E-state index >= 15 is 0 Å². The summed E-state index contributed by atoms with van der Waals surface area (Å²) in [5.41, 5.74) is 0. The van der Waals surface area contributed by atoms with E-state index in [1.54, 1.807) is 0 Å². The van der Waals surface area contributed by atoms with E-state index in [2.05, 4.69) is 26.1 Å². The number of nitrogens with one attached hydrogen (secondary N) is 1. The lowest BCUT2D eigenvalue weighted by atomic mass is 10.2. The van der Waals surface area contributed by atoms with E-state index in [0.717, 1.165) is 32.6 Å². The molecule has 1 atom stereocenters. The molecule has 0 aromatic rings. The second-order valence-corrected chi connectivity index (χ2v) is 4.76. The van der Waals surface area contributed by atoms with E-state index in [9.17, 15) is 5.11 Å². The van der Waals surface area contributed by atoms with Crippen molar-refractivity contribution in [1.82, 2.24) is 5.32 Å². The highest BCUT2D eigenvalue weighted by atomic mass is 16.5. The Morgan fingerprint density at radius 2 is 1.82 bits per heavy atom. The van der Waals surface area contributed by atoms with Gasteiger partial charge >= 0.3 is 0 Å². The summed E-state index contributed by atoms with van der Waals surface area (Å²) in [7, 11) is 0. The molecule has 0 fully saturated rings. The van der Waals surface area contributed by atoms with Crippen molar-refractivity contribution in [2.45, 2.75) is 39.7 Å². The highest BCUT2D eigenvalue weighted by Crippen LogP contribution is 1.92. The summed E-state index contributed by atoms with van der Waals surface area (Å²) in [5, 5.41) is 12.7. The molecule has 0 heterocycles. The number of aliphatic hydroxyl groups is 1. The fraction of sp³-hybridized carbons (Fsp3) is 1.00. The average Bonchev–Trinajstić information content (AvgIpc) is 2.29. The Labute approximate surface area is 106 Å². The zero-order valence-corrected chi connectivity index (χ0v) is 11.6. The molecule has 0 radical (unpaired) electrons. The molecule has 0 saturated carbocycles. The molecule has 0 rings (SSSR count). The fourth-order valence-electron chi connectivity index (χ4n) is 1.26. The van der Waals surface area contributed by atoms with Gasteiger partial charge in [-0.15, -0.1) is 0 Å². The largest absolute Gasteiger partial charge is 0.389 e. The molecule has 0 aliphatic rings. The predicted octanol–water partition coefficient (Wildman–Crippen LogP) is 1.43. The molecule has 4 heteroatoms. The van der Waals surface area contributed by atoms with Crippen molar-refractivity contribution in [3.05, 3.63) is 0 Å². The first-order chi connectivity index (χ1) is 8.16. The Balaban J connectivity index is 3.13. The summed E-state index contributed by atoms with van der Waals surface area (Å²) in [6.07, 6.45) is 1.77. The van der Waals surface area contributed by atoms with Gasteiger partial charge in [-0.2, -0.15) is 0 Å². The summed E-state index contributed by atoms with van der Waals surface area (Å²) in [4.78, 5) is 0. The van der Waals surface area contributed by atoms with Crippen LogP contribution in [0.2, 0.25) is 0 Å². The van der Waals surface area contributed by atoms with Crippen LogP contribution in [0.15, 0.2) is 0 Å². The van der Waals surface area contributed by atoms with E-state index in [1.807, 2.05) is 0 Å². The van der Waals surface area contributed by atoms with Crippen LogP contribution < -0.4 is 5.32 Å². The molecule has 0 amide bonds. The molecule has 0 aliphatic heterocycles. The zero-order chi connectivity index (χ0) is 12.9. The number of hydrogen-bond acceptors (Lipinski definition) is 4. The van der Waals surface area contributed by atoms with E-state index in [0.29, 0.717) is 25.7 Å². The van der Waals surface area contributed by atoms with Crippen LogP contribution in [0.25, 0.3) is 0 Å². The normalized spacial score (nSPS) is 13.2. The Morgan fingerprint density at radius 1 is 1.12 bits per heavy atom. The van der Waals surface area contributed by atoms with Gasteiger partial charge in [0.25, 0.3) is 0 Å². The summed E-state index contributed by atoms with van der Waals surface area (Å²) in [6.45, 7) is 10.4. The summed E-state index contributed by atoms with van der Waals surface area (Å²) in [6, 6.07) is 0. The third-order valence-electron chi connectivity index (χ3n) is 2.21. The first kappa shape index (κ1) is 16.8. The number of rotatable bonds is 12. The zero-order valence-electron chi connectivity index (χ0n) is 11.6. The van der Waals surface area contributed by atoms with Crippen molar-refractivity contribution in [1.29, 1.82) is 0 Å². The minimum atomic E-state index is -0.419. The van der Waals surface area contributed by atoms with Crippen LogP contribution in [-0.2, 0) is 9.47 Å². The minimum absolute atomic E-state index is 0.417. The SMILES string of the molecule is CCCCOCC(O)CNCCOCC(C)C. The maximum absolute atomic E-state index is 9.56. The highest BCUT2D eigenvalue weighted by molar-refractivity contribution is 4.58. The van der Waals surface area contributed by atoms with Crippen molar-refractivity contribution < 1.29 is 14.6 Å². The van der Waals surface area contributed by atoms with E-state index in [4.69, 9.17) is 9.47 Å². The van der Waals surface area contributed by atoms with Gasteiger partial charge in [0.05, 0.1) is 19.3 Å². The quantitative estimate of drug-likeness (QED) is 0.512. The smallest absolute Gasteiger partial charge is 0.0897 e. The van der Waals surface area contributed by atoms with E-state index in [1.165, 1.54) is 0 Å². The Morgan fingerprint density at radius 3 is 2.47 bits per heavy atom. The molecule has 17 heavy (non-hydrogen) atoms. The first-order valence-corrected chi connectivity index (χ1v) is 6.71. The van der Waals surface area contributed by atoms with Crippen LogP contribution in [0.1, 0.15) is 33.6 Å². The maximum atomic E-state index is 9.56. The van der Waals surface area contributed by atoms with Gasteiger partial charge in [-0.25, -0.2) is 0 Å². The average molecular weight is 247 g/mol. The van der Waals surface area contributed by atoms with Gasteiger partial charge in [-0.1, -0.05) is 27.2 Å². The topological polar surface area (TPSA) is 50.7 Å². The Hall–Kier alpha value is -0.160. The first-order valence-electron chi connectivity index (χ1n) is 6.71. The lowest BCUT2D eigenvalue weighted by molar-refractivity contribution is 0.0343. The fourth-order valence-corrected chi connectivity index (χ4v) is 1.26. The summed E-state index contributed by atoms with van der Waals surface area (Å²) >= 11 is 0. The molecular weight excluding hydrogens is 218 g/mol. The summed E-state index contributed by atoms with van der Waals surface area (Å²) < 4.78 is 10.7. The second-order valence-electron chi connectivity index (χ2n) is 4.76. The van der Waals surface area contributed by atoms with Crippen LogP contribution in [-0.4, -0.2) is 50.7 Å². The monoisotopic (exact) mass is 247 g/mol. The minimum Gasteiger partial charge on any atom is -0.389 e. The molecule has 4 nitrogen and oxygen atoms in total. The number of aliphatic hydroxyl groups excluding tert-OH is 1. The molecular formula is C13H29NO3. The van der Waals surface area contributed by atoms with Gasteiger partial charge in [0.1, 0.15) is 0 Å². The molecule has 0 saturated heterocycles. The second kappa shape index (κ2) is 12.3. The van der Waals surface area contributed by atoms with Gasteiger partial charge < -0.3 is 19.9 Å². The highest BCUT2D eigenvalue weighted by Gasteiger charge is 2.03. The molecule has 0 spiro atoms. The maximum Gasteiger partial charge on any atom is 0.0897 e. The lowest BCUT2D eigenvalue weighted by Gasteiger charge is -2.12. The van der Waals surface area contributed by atoms with Gasteiger partial charge in [-0.3, -0.25) is 0 Å². The standard InChI is InChI=1S/C13H29NO3/c1-4-5-7-16-11-13(15)9-14-6-8-17-10-12(2)3/h12-15H,4-11H2,1-3H3. The predicted molar refractivity (Wildman–Crippen MR) is 70.3 cm³/mol. The molecule has 0 bridgehead atoms. The van der Waals surface area contributed by atoms with Gasteiger partial charge in [0, 0.05) is 26.3 Å². The van der Waals surface area contributed by atoms with Gasteiger partial charge in [0.15, 0.2) is 0 Å². The molecule has 104 valence electrons. The van der Waals surface area contributed by atoms with Crippen LogP contribution >= 0.6 is 0 Å². The van der Waals surface area contributed by atoms with Crippen LogP contribution in [0.4, 0.5) is 0 Å². The van der Waals surface area contributed by atoms with Crippen molar-refractivity contribution in [3.63, 3.8) is 0 Å². The number of unbranched alkanes of at least 4 members (excludes halogenated alkanes) is 1. The van der Waals surface area contributed by atoms with Crippen molar-refractivity contribution in [2.75, 3.05) is 39.5 Å². The Kier molecular flexibility index (Phi) is 12.2. The van der Waals surface area contributed by atoms with Gasteiger partial charge in [-0.05, 0) is 12.3 Å². The molecule has 0 aliphatic carbocycles. The lowest BCUT2D eigenvalue weighted by Crippen LogP contribution is -2.32. The number of hydrogen-bond donors (Lipinski definition) is 2. The number of ether oxygens (including phenoxy) is 2. The van der Waals surface area contributed by atoms with E-state index < -0.39 is 6.10 Å².